The first-order valence-electron chi connectivity index (χ1n) is 9.33. The summed E-state index contributed by atoms with van der Waals surface area (Å²) in [7, 11) is -3.56. The summed E-state index contributed by atoms with van der Waals surface area (Å²) < 4.78 is 43.1. The molecule has 1 aliphatic rings. The van der Waals surface area contributed by atoms with Crippen LogP contribution in [-0.2, 0) is 24.2 Å². The number of nitrogens with zero attached hydrogens (tertiary/aromatic N) is 3. The molecule has 31 heavy (non-hydrogen) atoms. The van der Waals surface area contributed by atoms with Crippen molar-refractivity contribution in [3.8, 4) is 6.07 Å². The van der Waals surface area contributed by atoms with E-state index in [1.54, 1.807) is 0 Å². The minimum Gasteiger partial charge on any atom is -0.389 e. The fraction of sp³-hybridized carbons (Fsp3) is 0.368. The number of anilines is 1. The molecule has 1 aromatic carbocycles. The number of rotatable bonds is 9. The Balaban J connectivity index is 1.81. The monoisotopic (exact) mass is 466 g/mol. The molecule has 2 aromatic rings. The van der Waals surface area contributed by atoms with E-state index in [4.69, 9.17) is 14.8 Å². The number of amides is 1. The molecule has 12 heteroatoms. The van der Waals surface area contributed by atoms with E-state index >= 15 is 0 Å². The lowest BCUT2D eigenvalue weighted by Gasteiger charge is -2.10. The van der Waals surface area contributed by atoms with E-state index in [-0.39, 0.29) is 40.4 Å². The first-order valence-corrected chi connectivity index (χ1v) is 11.8. The Kier molecular flexibility index (Phi) is 7.67. The smallest absolute Gasteiger partial charge is 0.280 e. The van der Waals surface area contributed by atoms with Crippen molar-refractivity contribution >= 4 is 37.9 Å². The molecule has 0 bridgehead atoms. The fourth-order valence-electron chi connectivity index (χ4n) is 2.70. The zero-order valence-corrected chi connectivity index (χ0v) is 17.9. The first-order chi connectivity index (χ1) is 14.9. The number of benzene rings is 1. The van der Waals surface area contributed by atoms with Crippen molar-refractivity contribution in [1.29, 1.82) is 5.26 Å². The van der Waals surface area contributed by atoms with Gasteiger partial charge in [-0.3, -0.25) is 10.1 Å². The van der Waals surface area contributed by atoms with Crippen molar-refractivity contribution < 1.29 is 27.2 Å². The Hall–Kier alpha value is -2.88. The molecule has 0 spiro atoms. The van der Waals surface area contributed by atoms with Gasteiger partial charge in [0.15, 0.2) is 31.9 Å². The lowest BCUT2D eigenvalue weighted by atomic mass is 10.1. The molecule has 2 heterocycles. The lowest BCUT2D eigenvalue weighted by molar-refractivity contribution is -0.110. The van der Waals surface area contributed by atoms with Gasteiger partial charge in [-0.2, -0.15) is 9.65 Å². The predicted molar refractivity (Wildman–Crippen MR) is 111 cm³/mol. The minimum absolute atomic E-state index is 0.0519. The van der Waals surface area contributed by atoms with Crippen LogP contribution in [0.25, 0.3) is 0 Å². The third-order valence-corrected chi connectivity index (χ3v) is 6.80. The summed E-state index contributed by atoms with van der Waals surface area (Å²) in [5.41, 5.74) is 0.195. The molecule has 1 amide bonds. The number of unbranched alkanes of at least 4 members (excludes halogenated alkanes) is 1. The van der Waals surface area contributed by atoms with Crippen molar-refractivity contribution in [3.63, 3.8) is 0 Å². The van der Waals surface area contributed by atoms with Crippen molar-refractivity contribution in [2.24, 2.45) is 5.16 Å². The average molecular weight is 467 g/mol. The highest BCUT2D eigenvalue weighted by molar-refractivity contribution is 7.91. The number of nitriles is 1. The van der Waals surface area contributed by atoms with Crippen LogP contribution in [0.15, 0.2) is 40.5 Å². The molecule has 0 unspecified atom stereocenters. The van der Waals surface area contributed by atoms with Gasteiger partial charge in [-0.05, 0) is 18.6 Å². The summed E-state index contributed by atoms with van der Waals surface area (Å²) in [6.45, 7) is 0.869. The van der Waals surface area contributed by atoms with Gasteiger partial charge < -0.3 is 9.57 Å². The molecule has 1 N–H and O–H groups in total. The van der Waals surface area contributed by atoms with Gasteiger partial charge in [-0.25, -0.2) is 13.4 Å². The van der Waals surface area contributed by atoms with Gasteiger partial charge in [-0.1, -0.05) is 28.6 Å². The number of aromatic nitrogens is 1. The topological polar surface area (TPSA) is 131 Å². The Labute approximate surface area is 182 Å². The number of halogens is 1. The van der Waals surface area contributed by atoms with E-state index in [1.807, 2.05) is 6.07 Å². The highest BCUT2D eigenvalue weighted by Crippen LogP contribution is 2.19. The van der Waals surface area contributed by atoms with Crippen LogP contribution in [0.2, 0.25) is 0 Å². The van der Waals surface area contributed by atoms with E-state index in [0.29, 0.717) is 36.5 Å². The number of ether oxygens (including phenoxy) is 1. The second-order valence-electron chi connectivity index (χ2n) is 6.56. The Morgan fingerprint density at radius 3 is 2.81 bits per heavy atom. The third-order valence-electron chi connectivity index (χ3n) is 4.28. The summed E-state index contributed by atoms with van der Waals surface area (Å²) in [5.74, 6) is -0.834. The van der Waals surface area contributed by atoms with E-state index < -0.39 is 20.9 Å². The largest absolute Gasteiger partial charge is 0.389 e. The van der Waals surface area contributed by atoms with Crippen molar-refractivity contribution in [1.82, 2.24) is 4.98 Å². The summed E-state index contributed by atoms with van der Waals surface area (Å²) >= 11 is 0.660. The maximum absolute atomic E-state index is 13.2. The summed E-state index contributed by atoms with van der Waals surface area (Å²) in [4.78, 5) is 21.9. The number of hydrogen-bond acceptors (Lipinski definition) is 9. The normalized spacial score (nSPS) is 16.6. The van der Waals surface area contributed by atoms with Crippen LogP contribution in [0, 0.1) is 16.5 Å². The van der Waals surface area contributed by atoms with Gasteiger partial charge in [0, 0.05) is 18.4 Å². The molecule has 1 atom stereocenters. The lowest BCUT2D eigenvalue weighted by Crippen LogP contribution is -2.25. The highest BCUT2D eigenvalue weighted by atomic mass is 32.2. The minimum atomic E-state index is -3.56. The summed E-state index contributed by atoms with van der Waals surface area (Å²) in [6, 6.07) is 7.51. The van der Waals surface area contributed by atoms with Gasteiger partial charge >= 0.3 is 0 Å². The number of sulfone groups is 1. The molecule has 164 valence electrons. The van der Waals surface area contributed by atoms with Crippen LogP contribution in [0.4, 0.5) is 9.52 Å². The molecule has 1 aliphatic heterocycles. The van der Waals surface area contributed by atoms with Crippen LogP contribution in [0.5, 0.6) is 0 Å². The van der Waals surface area contributed by atoms with Gasteiger partial charge in [0.1, 0.15) is 0 Å². The van der Waals surface area contributed by atoms with Crippen LogP contribution in [0.3, 0.4) is 0 Å². The molecular formula is C19H19FN4O5S2. The number of nitrogens with one attached hydrogen (secondary N) is 1. The van der Waals surface area contributed by atoms with Crippen LogP contribution >= 0.6 is 11.3 Å². The Bertz CT molecular complexity index is 1090. The van der Waals surface area contributed by atoms with Crippen LogP contribution in [0.1, 0.15) is 24.8 Å². The molecular weight excluding hydrogens is 447 g/mol. The van der Waals surface area contributed by atoms with Crippen molar-refractivity contribution in [2.75, 3.05) is 24.3 Å². The summed E-state index contributed by atoms with van der Waals surface area (Å²) in [5, 5.41) is 14.5. The van der Waals surface area contributed by atoms with Crippen LogP contribution in [-0.4, -0.2) is 50.1 Å². The molecule has 0 aliphatic carbocycles. The van der Waals surface area contributed by atoms with Gasteiger partial charge in [0.2, 0.25) is 0 Å². The van der Waals surface area contributed by atoms with Gasteiger partial charge in [-0.15, -0.1) is 0 Å². The Morgan fingerprint density at radius 2 is 2.19 bits per heavy atom. The highest BCUT2D eigenvalue weighted by Gasteiger charge is 2.22. The second kappa shape index (κ2) is 10.4. The molecule has 1 saturated heterocycles. The number of thiazole rings is 1. The molecule has 1 fully saturated rings. The second-order valence-corrected chi connectivity index (χ2v) is 9.65. The molecule has 1 aromatic heterocycles. The van der Waals surface area contributed by atoms with Gasteiger partial charge in [0.05, 0.1) is 36.1 Å². The number of carbonyl (C=O) groups is 1. The molecule has 0 radical (unpaired) electrons. The quantitative estimate of drug-likeness (QED) is 0.341. The number of carbonyl (C=O) groups excluding carboxylic acids is 1. The van der Waals surface area contributed by atoms with E-state index in [9.17, 15) is 17.6 Å². The first kappa shape index (κ1) is 22.8. The number of hydrogen-bond donors (Lipinski definition) is 1. The standard InChI is InChI=1S/C19H19FN4O5S2/c20-16-11-22-19(30-16)23-18(25)17(24-29-14-7-9-28-12-14)13-3-5-15(6-4-13)31(26,27)10-2-1-8-21/h3-6,11,14H,1-2,7,9-10,12H2,(H,22,23,25)/b24-17+/t14-/m1/s1. The SMILES string of the molecule is N#CCCCS(=O)(=O)c1ccc(/C(=N\O[C@@H]2CCOC2)C(=O)Nc2ncc(F)s2)cc1. The molecule has 9 nitrogen and oxygen atoms in total. The van der Waals surface area contributed by atoms with E-state index in [1.165, 1.54) is 24.3 Å². The fourth-order valence-corrected chi connectivity index (χ4v) is 4.55. The maximum atomic E-state index is 13.2. The van der Waals surface area contributed by atoms with E-state index in [0.717, 1.165) is 6.20 Å². The average Bonchev–Trinajstić information content (AvgIpc) is 3.40. The summed E-state index contributed by atoms with van der Waals surface area (Å²) in [6.07, 6.45) is 1.68. The zero-order chi connectivity index (χ0) is 22.3. The predicted octanol–water partition coefficient (Wildman–Crippen LogP) is 2.51. The van der Waals surface area contributed by atoms with Crippen molar-refractivity contribution in [2.45, 2.75) is 30.3 Å². The third kappa shape index (κ3) is 6.30. The maximum Gasteiger partial charge on any atom is 0.280 e. The van der Waals surface area contributed by atoms with Crippen LogP contribution < -0.4 is 5.32 Å². The van der Waals surface area contributed by atoms with Gasteiger partial charge in [0.25, 0.3) is 5.91 Å². The van der Waals surface area contributed by atoms with E-state index in [2.05, 4.69) is 15.5 Å². The molecule has 3 rings (SSSR count). The van der Waals surface area contributed by atoms with Crippen molar-refractivity contribution in [3.05, 3.63) is 41.2 Å². The molecule has 0 saturated carbocycles. The Morgan fingerprint density at radius 1 is 1.42 bits per heavy atom. The zero-order valence-electron chi connectivity index (χ0n) is 16.3. The number of oxime groups is 1.